The summed E-state index contributed by atoms with van der Waals surface area (Å²) < 4.78 is 10.6. The van der Waals surface area contributed by atoms with E-state index in [1.54, 1.807) is 0 Å². The van der Waals surface area contributed by atoms with Crippen LogP contribution in [0.3, 0.4) is 0 Å². The van der Waals surface area contributed by atoms with Crippen LogP contribution in [-0.4, -0.2) is 36.4 Å². The second kappa shape index (κ2) is 34.9. The van der Waals surface area contributed by atoms with Crippen molar-refractivity contribution in [3.05, 3.63) is 24.3 Å². The lowest BCUT2D eigenvalue weighted by molar-refractivity contribution is -0.161. The molecule has 0 radical (unpaired) electrons. The maximum atomic E-state index is 12.1. The maximum Gasteiger partial charge on any atom is 0.306 e. The Labute approximate surface area is 266 Å². The van der Waals surface area contributed by atoms with E-state index in [4.69, 9.17) is 9.47 Å². The lowest BCUT2D eigenvalue weighted by atomic mass is 10.1. The van der Waals surface area contributed by atoms with Crippen molar-refractivity contribution in [2.45, 2.75) is 193 Å². The zero-order valence-corrected chi connectivity index (χ0v) is 28.5. The Morgan fingerprint density at radius 2 is 0.907 bits per heavy atom. The van der Waals surface area contributed by atoms with E-state index in [1.807, 2.05) is 0 Å². The predicted molar refractivity (Wildman–Crippen MR) is 182 cm³/mol. The summed E-state index contributed by atoms with van der Waals surface area (Å²) in [7, 11) is 0. The number of unbranched alkanes of at least 4 members (excludes halogenated alkanes) is 21. The summed E-state index contributed by atoms with van der Waals surface area (Å²) in [6.45, 7) is 4.06. The number of hydrogen-bond donors (Lipinski definition) is 1. The number of allylic oxidation sites excluding steroid dienone is 4. The third-order valence-corrected chi connectivity index (χ3v) is 7.95. The van der Waals surface area contributed by atoms with Crippen LogP contribution in [0.2, 0.25) is 0 Å². The molecule has 0 spiro atoms. The van der Waals surface area contributed by atoms with Crippen LogP contribution < -0.4 is 0 Å². The fourth-order valence-corrected chi connectivity index (χ4v) is 5.14. The van der Waals surface area contributed by atoms with Gasteiger partial charge in [-0.3, -0.25) is 9.59 Å². The number of ether oxygens (including phenoxy) is 2. The monoisotopic (exact) mass is 607 g/mol. The maximum absolute atomic E-state index is 12.1. The first-order valence-corrected chi connectivity index (χ1v) is 18.4. The van der Waals surface area contributed by atoms with E-state index in [0.29, 0.717) is 12.8 Å². The van der Waals surface area contributed by atoms with Crippen LogP contribution in [0.4, 0.5) is 0 Å². The summed E-state index contributed by atoms with van der Waals surface area (Å²) in [5, 5.41) is 9.51. The zero-order chi connectivity index (χ0) is 31.5. The summed E-state index contributed by atoms with van der Waals surface area (Å²) in [5.74, 6) is -0.603. The zero-order valence-electron chi connectivity index (χ0n) is 28.5. The Hall–Kier alpha value is -1.62. The van der Waals surface area contributed by atoms with Crippen molar-refractivity contribution in [1.29, 1.82) is 0 Å². The van der Waals surface area contributed by atoms with Gasteiger partial charge in [0.25, 0.3) is 0 Å². The lowest BCUT2D eigenvalue weighted by Gasteiger charge is -2.15. The molecule has 5 nitrogen and oxygen atoms in total. The molecule has 0 aliphatic rings. The van der Waals surface area contributed by atoms with E-state index in [-0.39, 0.29) is 25.2 Å². The normalized spacial score (nSPS) is 12.3. The summed E-state index contributed by atoms with van der Waals surface area (Å²) in [6.07, 6.45) is 39.5. The van der Waals surface area contributed by atoms with Crippen LogP contribution in [0.1, 0.15) is 187 Å². The predicted octanol–water partition coefficient (Wildman–Crippen LogP) is 11.1. The highest BCUT2D eigenvalue weighted by Gasteiger charge is 2.16. The number of hydrogen-bond acceptors (Lipinski definition) is 5. The van der Waals surface area contributed by atoms with Crippen molar-refractivity contribution in [1.82, 2.24) is 0 Å². The lowest BCUT2D eigenvalue weighted by Crippen LogP contribution is -2.28. The van der Waals surface area contributed by atoms with Crippen LogP contribution in [0.15, 0.2) is 24.3 Å². The second-order valence-corrected chi connectivity index (χ2v) is 12.3. The van der Waals surface area contributed by atoms with Crippen molar-refractivity contribution in [2.75, 3.05) is 13.2 Å². The summed E-state index contributed by atoms with van der Waals surface area (Å²) >= 11 is 0. The van der Waals surface area contributed by atoms with Crippen molar-refractivity contribution in [3.8, 4) is 0 Å². The van der Waals surface area contributed by atoms with E-state index in [1.165, 1.54) is 109 Å². The largest absolute Gasteiger partial charge is 0.462 e. The van der Waals surface area contributed by atoms with Crippen molar-refractivity contribution < 1.29 is 24.2 Å². The Bertz CT molecular complexity index is 657. The molecule has 0 amide bonds. The molecule has 43 heavy (non-hydrogen) atoms. The third-order valence-electron chi connectivity index (χ3n) is 7.95. The van der Waals surface area contributed by atoms with Gasteiger partial charge in [-0.2, -0.15) is 0 Å². The Kier molecular flexibility index (Phi) is 33.6. The Balaban J connectivity index is 3.53. The first-order chi connectivity index (χ1) is 21.1. The van der Waals surface area contributed by atoms with E-state index in [9.17, 15) is 14.7 Å². The molecule has 0 fully saturated rings. The average molecular weight is 607 g/mol. The van der Waals surface area contributed by atoms with E-state index in [2.05, 4.69) is 38.2 Å². The molecule has 252 valence electrons. The molecule has 0 aliphatic carbocycles. The minimum Gasteiger partial charge on any atom is -0.462 e. The molecule has 0 rings (SSSR count). The molecule has 5 heteroatoms. The molecule has 0 aliphatic heterocycles. The van der Waals surface area contributed by atoms with Gasteiger partial charge in [0.15, 0.2) is 6.10 Å². The molecule has 0 bridgehead atoms. The third kappa shape index (κ3) is 33.1. The summed E-state index contributed by atoms with van der Waals surface area (Å²) in [5.41, 5.74) is 0. The topological polar surface area (TPSA) is 72.8 Å². The minimum atomic E-state index is -0.770. The number of aliphatic hydroxyl groups is 1. The second-order valence-electron chi connectivity index (χ2n) is 12.3. The number of carbonyl (C=O) groups is 2. The van der Waals surface area contributed by atoms with Gasteiger partial charge in [0.05, 0.1) is 6.61 Å². The van der Waals surface area contributed by atoms with E-state index >= 15 is 0 Å². The van der Waals surface area contributed by atoms with Crippen molar-refractivity contribution in [3.63, 3.8) is 0 Å². The SMILES string of the molecule is CCC/C=C\CCCCCCCC(=O)OCC(CO)OC(=O)CCCCCCCCCCC/C=C\CCCCCCCC. The molecule has 1 N–H and O–H groups in total. The van der Waals surface area contributed by atoms with Gasteiger partial charge in [-0.1, -0.05) is 141 Å². The van der Waals surface area contributed by atoms with Gasteiger partial charge in [-0.05, 0) is 57.8 Å². The smallest absolute Gasteiger partial charge is 0.306 e. The van der Waals surface area contributed by atoms with Gasteiger partial charge in [0, 0.05) is 12.8 Å². The molecule has 0 saturated heterocycles. The molecule has 1 atom stereocenters. The molecule has 0 aromatic carbocycles. The number of esters is 2. The van der Waals surface area contributed by atoms with Gasteiger partial charge >= 0.3 is 11.9 Å². The van der Waals surface area contributed by atoms with Crippen molar-refractivity contribution >= 4 is 11.9 Å². The number of carbonyl (C=O) groups excluding carboxylic acids is 2. The Morgan fingerprint density at radius 3 is 1.35 bits per heavy atom. The summed E-state index contributed by atoms with van der Waals surface area (Å²) in [6, 6.07) is 0. The number of aliphatic hydroxyl groups excluding tert-OH is 1. The van der Waals surface area contributed by atoms with Gasteiger partial charge in [0.1, 0.15) is 6.61 Å². The van der Waals surface area contributed by atoms with Crippen LogP contribution in [0, 0.1) is 0 Å². The van der Waals surface area contributed by atoms with Crippen molar-refractivity contribution in [2.24, 2.45) is 0 Å². The fourth-order valence-electron chi connectivity index (χ4n) is 5.14. The first-order valence-electron chi connectivity index (χ1n) is 18.4. The highest BCUT2D eigenvalue weighted by molar-refractivity contribution is 5.70. The van der Waals surface area contributed by atoms with Crippen LogP contribution in [-0.2, 0) is 19.1 Å². The molecular formula is C38H70O5. The molecule has 0 aromatic rings. The minimum absolute atomic E-state index is 0.0688. The van der Waals surface area contributed by atoms with Crippen LogP contribution in [0.25, 0.3) is 0 Å². The van der Waals surface area contributed by atoms with Crippen LogP contribution >= 0.6 is 0 Å². The molecular weight excluding hydrogens is 536 g/mol. The Morgan fingerprint density at radius 1 is 0.512 bits per heavy atom. The average Bonchev–Trinajstić information content (AvgIpc) is 3.01. The molecule has 0 aromatic heterocycles. The standard InChI is InChI=1S/C38H70O5/c1-3-5-7-9-11-13-15-16-17-18-19-20-21-22-23-25-27-29-31-33-38(41)43-36(34-39)35-42-37(40)32-30-28-26-24-14-12-10-8-6-4-2/h8,10,16-17,36,39H,3-7,9,11-15,18-35H2,1-2H3/b10-8-,17-16-. The molecule has 1 unspecified atom stereocenters. The van der Waals surface area contributed by atoms with E-state index in [0.717, 1.165) is 51.4 Å². The molecule has 0 saturated carbocycles. The summed E-state index contributed by atoms with van der Waals surface area (Å²) in [4.78, 5) is 24.1. The van der Waals surface area contributed by atoms with Gasteiger partial charge in [0.2, 0.25) is 0 Å². The fraction of sp³-hybridized carbons (Fsp3) is 0.842. The molecule has 0 heterocycles. The van der Waals surface area contributed by atoms with Gasteiger partial charge < -0.3 is 14.6 Å². The number of rotatable bonds is 33. The van der Waals surface area contributed by atoms with Gasteiger partial charge in [-0.25, -0.2) is 0 Å². The van der Waals surface area contributed by atoms with E-state index < -0.39 is 6.10 Å². The highest BCUT2D eigenvalue weighted by atomic mass is 16.6. The van der Waals surface area contributed by atoms with Crippen LogP contribution in [0.5, 0.6) is 0 Å². The first kappa shape index (κ1) is 41.4. The van der Waals surface area contributed by atoms with Gasteiger partial charge in [-0.15, -0.1) is 0 Å². The quantitative estimate of drug-likeness (QED) is 0.0457. The highest BCUT2D eigenvalue weighted by Crippen LogP contribution is 2.13.